The summed E-state index contributed by atoms with van der Waals surface area (Å²) in [5.74, 6) is -8.19. The number of carbonyl (C=O) groups is 9. The van der Waals surface area contributed by atoms with E-state index in [1.807, 2.05) is 6.92 Å². The highest BCUT2D eigenvalue weighted by Crippen LogP contribution is 2.17. The minimum Gasteiger partial charge on any atom is -0.481 e. The van der Waals surface area contributed by atoms with Gasteiger partial charge in [0.15, 0.2) is 0 Å². The third-order valence-electron chi connectivity index (χ3n) is 9.81. The molecule has 0 aromatic heterocycles. The van der Waals surface area contributed by atoms with Crippen LogP contribution in [-0.4, -0.2) is 92.2 Å². The summed E-state index contributed by atoms with van der Waals surface area (Å²) in [7, 11) is 0. The summed E-state index contributed by atoms with van der Waals surface area (Å²) in [5.41, 5.74) is 0. The lowest BCUT2D eigenvalue weighted by atomic mass is 9.94. The first-order valence-electron chi connectivity index (χ1n) is 20.3. The average molecular weight is 798 g/mol. The molecule has 0 aliphatic rings. The third kappa shape index (κ3) is 29.0. The van der Waals surface area contributed by atoms with Crippen LogP contribution in [-0.2, 0) is 43.2 Å². The van der Waals surface area contributed by atoms with E-state index in [1.165, 1.54) is 6.92 Å². The van der Waals surface area contributed by atoms with Gasteiger partial charge in [-0.2, -0.15) is 0 Å². The first-order valence-corrected chi connectivity index (χ1v) is 20.3. The number of hydrogen-bond acceptors (Lipinski definition) is 9. The van der Waals surface area contributed by atoms with Crippen molar-refractivity contribution in [3.05, 3.63) is 0 Å². The summed E-state index contributed by atoms with van der Waals surface area (Å²) in [6.45, 7) is 3.72. The molecule has 0 spiro atoms. The van der Waals surface area contributed by atoms with Gasteiger partial charge in [-0.05, 0) is 51.9 Å². The molecule has 0 rings (SSSR count). The summed E-state index contributed by atoms with van der Waals surface area (Å²) in [6.07, 6.45) is 12.1. The van der Waals surface area contributed by atoms with Crippen LogP contribution in [0.4, 0.5) is 0 Å². The van der Waals surface area contributed by atoms with Gasteiger partial charge < -0.3 is 36.4 Å². The standard InChI is InChI=1S/C40H67N3O13/c1-28(29(2)44)17-15-16-26-41-34(46)25-23-33(40(55)56)43-36(48)24-20-30(38(51)52)27-31(45)21-22-32(39(53)54)42-35(47)18-13-11-9-7-5-3-4-6-8-10-12-14-19-37(49)50/h28,30,32-33H,3-27H2,1-2H3,(H,41,46)(H,42,47)(H,43,48)(H,49,50)(H,51,52)(H,53,54)(H,55,56)/t28-,30+,32-,33-/m0/s1. The lowest BCUT2D eigenvalue weighted by molar-refractivity contribution is -0.145. The molecule has 320 valence electrons. The van der Waals surface area contributed by atoms with Crippen LogP contribution in [0.5, 0.6) is 0 Å². The van der Waals surface area contributed by atoms with Crippen molar-refractivity contribution in [2.45, 2.75) is 180 Å². The first-order chi connectivity index (χ1) is 26.5. The summed E-state index contributed by atoms with van der Waals surface area (Å²) in [4.78, 5) is 107. The van der Waals surface area contributed by atoms with Gasteiger partial charge in [0.2, 0.25) is 17.7 Å². The van der Waals surface area contributed by atoms with Gasteiger partial charge >= 0.3 is 23.9 Å². The normalized spacial score (nSPS) is 13.1. The van der Waals surface area contributed by atoms with Gasteiger partial charge in [-0.15, -0.1) is 0 Å². The molecular weight excluding hydrogens is 730 g/mol. The number of hydrogen-bond donors (Lipinski definition) is 7. The molecule has 0 aromatic rings. The van der Waals surface area contributed by atoms with Crippen LogP contribution in [0.1, 0.15) is 168 Å². The number of ketones is 2. The fourth-order valence-electron chi connectivity index (χ4n) is 6.05. The largest absolute Gasteiger partial charge is 0.481 e. The highest BCUT2D eigenvalue weighted by molar-refractivity contribution is 5.87. The number of amides is 3. The molecule has 0 bridgehead atoms. The van der Waals surface area contributed by atoms with Gasteiger partial charge in [0.05, 0.1) is 5.92 Å². The van der Waals surface area contributed by atoms with Crippen molar-refractivity contribution in [1.29, 1.82) is 0 Å². The van der Waals surface area contributed by atoms with Crippen molar-refractivity contribution >= 4 is 53.2 Å². The molecule has 0 saturated carbocycles. The molecule has 0 radical (unpaired) electrons. The SMILES string of the molecule is CC(=O)[C@@H](C)CCCCNC(=O)CC[C@H](NC(=O)CC[C@H](CC(=O)CC[C@H](NC(=O)CCCCCCCCCCCCCCC(=O)O)C(=O)O)C(=O)O)C(=O)O. The second kappa shape index (κ2) is 31.8. The fraction of sp³-hybridized carbons (Fsp3) is 0.775. The van der Waals surface area contributed by atoms with E-state index in [2.05, 4.69) is 16.0 Å². The van der Waals surface area contributed by atoms with Crippen LogP contribution in [0, 0.1) is 11.8 Å². The molecule has 0 aliphatic carbocycles. The number of carbonyl (C=O) groups excluding carboxylic acids is 5. The van der Waals surface area contributed by atoms with Gasteiger partial charge in [-0.3, -0.25) is 33.6 Å². The number of rotatable bonds is 37. The van der Waals surface area contributed by atoms with Crippen molar-refractivity contribution in [2.75, 3.05) is 6.54 Å². The molecule has 16 heteroatoms. The van der Waals surface area contributed by atoms with Crippen LogP contribution < -0.4 is 16.0 Å². The van der Waals surface area contributed by atoms with E-state index >= 15 is 0 Å². The number of nitrogens with one attached hydrogen (secondary N) is 3. The lowest BCUT2D eigenvalue weighted by Gasteiger charge is -2.17. The molecule has 0 saturated heterocycles. The zero-order chi connectivity index (χ0) is 42.3. The molecule has 3 amide bonds. The summed E-state index contributed by atoms with van der Waals surface area (Å²) in [6, 6.07) is -2.71. The second-order valence-electron chi connectivity index (χ2n) is 14.8. The Morgan fingerprint density at radius 3 is 1.38 bits per heavy atom. The topological polar surface area (TPSA) is 271 Å². The summed E-state index contributed by atoms with van der Waals surface area (Å²) < 4.78 is 0. The maximum atomic E-state index is 12.6. The highest BCUT2D eigenvalue weighted by atomic mass is 16.4. The minimum atomic E-state index is -1.39. The van der Waals surface area contributed by atoms with E-state index in [4.69, 9.17) is 5.11 Å². The summed E-state index contributed by atoms with van der Waals surface area (Å²) >= 11 is 0. The van der Waals surface area contributed by atoms with E-state index in [1.54, 1.807) is 0 Å². The molecule has 0 aliphatic heterocycles. The fourth-order valence-corrected chi connectivity index (χ4v) is 6.05. The van der Waals surface area contributed by atoms with Crippen molar-refractivity contribution in [1.82, 2.24) is 16.0 Å². The monoisotopic (exact) mass is 797 g/mol. The van der Waals surface area contributed by atoms with E-state index < -0.39 is 78.2 Å². The van der Waals surface area contributed by atoms with Gasteiger partial charge in [0.1, 0.15) is 23.7 Å². The molecule has 0 aromatic carbocycles. The quantitative estimate of drug-likeness (QED) is 0.0400. The van der Waals surface area contributed by atoms with Crippen LogP contribution in [0.25, 0.3) is 0 Å². The zero-order valence-corrected chi connectivity index (χ0v) is 33.5. The third-order valence-corrected chi connectivity index (χ3v) is 9.81. The first kappa shape index (κ1) is 51.6. The Labute approximate surface area is 330 Å². The van der Waals surface area contributed by atoms with Crippen molar-refractivity contribution in [3.8, 4) is 0 Å². The van der Waals surface area contributed by atoms with Crippen molar-refractivity contribution in [2.24, 2.45) is 11.8 Å². The Hall–Kier alpha value is -4.37. The Balaban J connectivity index is 4.41. The molecule has 16 nitrogen and oxygen atoms in total. The van der Waals surface area contributed by atoms with Crippen LogP contribution in [0.3, 0.4) is 0 Å². The number of carboxylic acids is 4. The number of carboxylic acid groups (broad SMARTS) is 4. The van der Waals surface area contributed by atoms with E-state index in [0.717, 1.165) is 77.0 Å². The summed E-state index contributed by atoms with van der Waals surface area (Å²) in [5, 5.41) is 44.7. The highest BCUT2D eigenvalue weighted by Gasteiger charge is 2.27. The predicted octanol–water partition coefficient (Wildman–Crippen LogP) is 5.18. The van der Waals surface area contributed by atoms with Gasteiger partial charge in [0, 0.05) is 51.0 Å². The molecular formula is C40H67N3O13. The van der Waals surface area contributed by atoms with Crippen LogP contribution in [0.15, 0.2) is 0 Å². The van der Waals surface area contributed by atoms with E-state index in [9.17, 15) is 58.5 Å². The minimum absolute atomic E-state index is 0.0556. The molecule has 4 atom stereocenters. The Morgan fingerprint density at radius 1 is 0.464 bits per heavy atom. The Morgan fingerprint density at radius 2 is 0.911 bits per heavy atom. The van der Waals surface area contributed by atoms with Crippen molar-refractivity contribution < 1.29 is 63.6 Å². The van der Waals surface area contributed by atoms with E-state index in [-0.39, 0.29) is 56.6 Å². The second-order valence-corrected chi connectivity index (χ2v) is 14.8. The molecule has 0 heterocycles. The van der Waals surface area contributed by atoms with E-state index in [0.29, 0.717) is 25.8 Å². The molecule has 7 N–H and O–H groups in total. The van der Waals surface area contributed by atoms with Gasteiger partial charge in [-0.1, -0.05) is 77.6 Å². The smallest absolute Gasteiger partial charge is 0.326 e. The maximum Gasteiger partial charge on any atom is 0.326 e. The Bertz CT molecular complexity index is 1260. The maximum absolute atomic E-state index is 12.6. The number of Topliss-reactive ketones (excluding diaryl/α,β-unsaturated/α-hetero) is 2. The predicted molar refractivity (Wildman–Crippen MR) is 207 cm³/mol. The molecule has 0 unspecified atom stereocenters. The lowest BCUT2D eigenvalue weighted by Crippen LogP contribution is -2.42. The van der Waals surface area contributed by atoms with Crippen LogP contribution in [0.2, 0.25) is 0 Å². The average Bonchev–Trinajstić information content (AvgIpc) is 3.12. The van der Waals surface area contributed by atoms with Crippen molar-refractivity contribution in [3.63, 3.8) is 0 Å². The number of unbranched alkanes of at least 4 members (excludes halogenated alkanes) is 12. The van der Waals surface area contributed by atoms with Gasteiger partial charge in [0.25, 0.3) is 0 Å². The van der Waals surface area contributed by atoms with Gasteiger partial charge in [-0.25, -0.2) is 9.59 Å². The zero-order valence-electron chi connectivity index (χ0n) is 33.5. The number of aliphatic carboxylic acids is 4. The molecule has 56 heavy (non-hydrogen) atoms. The Kier molecular flexibility index (Phi) is 29.3. The molecule has 0 fully saturated rings. The van der Waals surface area contributed by atoms with Crippen LogP contribution >= 0.6 is 0 Å².